The Morgan fingerprint density at radius 1 is 1.00 bits per heavy atom. The normalized spacial score (nSPS) is 15.0. The predicted octanol–water partition coefficient (Wildman–Crippen LogP) is 3.01. The molecule has 1 amide bonds. The van der Waals surface area contributed by atoms with Gasteiger partial charge in [0.1, 0.15) is 12.4 Å². The van der Waals surface area contributed by atoms with E-state index in [-0.39, 0.29) is 17.3 Å². The van der Waals surface area contributed by atoms with Gasteiger partial charge in [0.25, 0.3) is 10.0 Å². The van der Waals surface area contributed by atoms with Crippen molar-refractivity contribution in [3.05, 3.63) is 60.4 Å². The summed E-state index contributed by atoms with van der Waals surface area (Å²) in [6, 6.07) is 13.0. The lowest BCUT2D eigenvalue weighted by Gasteiger charge is -2.26. The smallest absolute Gasteiger partial charge is 0.264 e. The van der Waals surface area contributed by atoms with E-state index in [9.17, 15) is 17.6 Å². The summed E-state index contributed by atoms with van der Waals surface area (Å²) in [6.07, 6.45) is 4.55. The number of anilines is 1. The Morgan fingerprint density at radius 3 is 2.33 bits per heavy atom. The van der Waals surface area contributed by atoms with E-state index in [0.717, 1.165) is 42.5 Å². The number of rotatable bonds is 9. The molecule has 1 aliphatic heterocycles. The maximum atomic E-state index is 13.2. The Morgan fingerprint density at radius 2 is 1.67 bits per heavy atom. The van der Waals surface area contributed by atoms with Crippen molar-refractivity contribution in [1.82, 2.24) is 10.2 Å². The highest BCUT2D eigenvalue weighted by atomic mass is 32.2. The fourth-order valence-electron chi connectivity index (χ4n) is 3.54. The van der Waals surface area contributed by atoms with Gasteiger partial charge in [-0.05, 0) is 75.3 Å². The molecule has 30 heavy (non-hydrogen) atoms. The molecule has 0 unspecified atom stereocenters. The largest absolute Gasteiger partial charge is 0.354 e. The van der Waals surface area contributed by atoms with Gasteiger partial charge in [0, 0.05) is 6.54 Å². The first-order chi connectivity index (χ1) is 14.5. The fraction of sp³-hybridized carbons (Fsp3) is 0.409. The van der Waals surface area contributed by atoms with Crippen molar-refractivity contribution in [2.75, 3.05) is 37.0 Å². The highest BCUT2D eigenvalue weighted by molar-refractivity contribution is 7.92. The van der Waals surface area contributed by atoms with Crippen LogP contribution in [0, 0.1) is 5.82 Å². The van der Waals surface area contributed by atoms with Crippen LogP contribution < -0.4 is 9.62 Å². The fourth-order valence-corrected chi connectivity index (χ4v) is 4.96. The minimum atomic E-state index is -4.02. The molecule has 1 aliphatic rings. The number of para-hydroxylation sites is 1. The zero-order chi connectivity index (χ0) is 21.4. The number of benzene rings is 2. The highest BCUT2D eigenvalue weighted by Gasteiger charge is 2.27. The minimum absolute atomic E-state index is 0.0642. The van der Waals surface area contributed by atoms with Crippen LogP contribution >= 0.6 is 0 Å². The van der Waals surface area contributed by atoms with Crippen molar-refractivity contribution in [3.8, 4) is 0 Å². The van der Waals surface area contributed by atoms with E-state index < -0.39 is 15.8 Å². The molecule has 2 aromatic rings. The number of amides is 1. The number of carbonyl (C=O) groups is 1. The van der Waals surface area contributed by atoms with Crippen molar-refractivity contribution in [3.63, 3.8) is 0 Å². The van der Waals surface area contributed by atoms with Gasteiger partial charge in [-0.1, -0.05) is 24.6 Å². The van der Waals surface area contributed by atoms with Gasteiger partial charge in [0.15, 0.2) is 0 Å². The second-order valence-corrected chi connectivity index (χ2v) is 9.27. The predicted molar refractivity (Wildman–Crippen MR) is 115 cm³/mol. The summed E-state index contributed by atoms with van der Waals surface area (Å²) in [6.45, 7) is 3.29. The lowest BCUT2D eigenvalue weighted by Crippen LogP contribution is -2.41. The number of nitrogens with zero attached hydrogens (tertiary/aromatic N) is 2. The molecule has 0 spiro atoms. The lowest BCUT2D eigenvalue weighted by atomic mass is 10.1. The molecule has 1 fully saturated rings. The molecular formula is C22H28FN3O3S. The minimum Gasteiger partial charge on any atom is -0.354 e. The third-order valence-corrected chi connectivity index (χ3v) is 6.94. The summed E-state index contributed by atoms with van der Waals surface area (Å²) in [4.78, 5) is 14.8. The molecule has 6 nitrogen and oxygen atoms in total. The first-order valence-corrected chi connectivity index (χ1v) is 11.7. The van der Waals surface area contributed by atoms with Crippen LogP contribution in [0.2, 0.25) is 0 Å². The van der Waals surface area contributed by atoms with Gasteiger partial charge in [-0.15, -0.1) is 0 Å². The summed E-state index contributed by atoms with van der Waals surface area (Å²) < 4.78 is 40.6. The van der Waals surface area contributed by atoms with Crippen LogP contribution in [0.3, 0.4) is 0 Å². The highest BCUT2D eigenvalue weighted by Crippen LogP contribution is 2.23. The average Bonchev–Trinajstić information content (AvgIpc) is 2.76. The van der Waals surface area contributed by atoms with Gasteiger partial charge >= 0.3 is 0 Å². The molecule has 0 bridgehead atoms. The van der Waals surface area contributed by atoms with E-state index in [1.807, 2.05) is 0 Å². The molecule has 1 N–H and O–H groups in total. The van der Waals surface area contributed by atoms with Gasteiger partial charge in [-0.25, -0.2) is 12.8 Å². The van der Waals surface area contributed by atoms with Gasteiger partial charge < -0.3 is 10.2 Å². The van der Waals surface area contributed by atoms with Crippen molar-refractivity contribution in [2.24, 2.45) is 0 Å². The molecule has 3 rings (SSSR count). The molecule has 162 valence electrons. The SMILES string of the molecule is O=C(CN(c1ccccc1)S(=O)(=O)c1ccc(F)cc1)NCCCN1CCCCC1. The number of likely N-dealkylation sites (tertiary alicyclic amines) is 1. The quantitative estimate of drug-likeness (QED) is 0.617. The summed E-state index contributed by atoms with van der Waals surface area (Å²) in [7, 11) is -4.02. The van der Waals surface area contributed by atoms with Crippen LogP contribution in [0.1, 0.15) is 25.7 Å². The number of carbonyl (C=O) groups excluding carboxylic acids is 1. The monoisotopic (exact) mass is 433 g/mol. The number of sulfonamides is 1. The van der Waals surface area contributed by atoms with Crippen molar-refractivity contribution in [2.45, 2.75) is 30.6 Å². The topological polar surface area (TPSA) is 69.7 Å². The summed E-state index contributed by atoms with van der Waals surface area (Å²) in [5.74, 6) is -0.894. The number of nitrogens with one attached hydrogen (secondary N) is 1. The Kier molecular flexibility index (Phi) is 7.81. The van der Waals surface area contributed by atoms with E-state index in [1.54, 1.807) is 30.3 Å². The lowest BCUT2D eigenvalue weighted by molar-refractivity contribution is -0.119. The van der Waals surface area contributed by atoms with E-state index in [1.165, 1.54) is 31.4 Å². The Bertz CT molecular complexity index is 914. The van der Waals surface area contributed by atoms with Crippen molar-refractivity contribution in [1.29, 1.82) is 0 Å². The van der Waals surface area contributed by atoms with E-state index in [2.05, 4.69) is 10.2 Å². The van der Waals surface area contributed by atoms with E-state index in [0.29, 0.717) is 12.2 Å². The standard InChI is InChI=1S/C22H28FN3O3S/c23-19-10-12-21(13-11-19)30(28,29)26(20-8-3-1-4-9-20)18-22(27)24-14-7-17-25-15-5-2-6-16-25/h1,3-4,8-13H,2,5-7,14-18H2,(H,24,27). The number of hydrogen-bond acceptors (Lipinski definition) is 4. The van der Waals surface area contributed by atoms with Crippen LogP contribution in [0.15, 0.2) is 59.5 Å². The second-order valence-electron chi connectivity index (χ2n) is 7.41. The number of piperidine rings is 1. The van der Waals surface area contributed by atoms with Crippen LogP contribution in [0.5, 0.6) is 0 Å². The zero-order valence-corrected chi connectivity index (χ0v) is 17.8. The van der Waals surface area contributed by atoms with Crippen molar-refractivity contribution >= 4 is 21.6 Å². The van der Waals surface area contributed by atoms with E-state index in [4.69, 9.17) is 0 Å². The molecular weight excluding hydrogens is 405 g/mol. The molecule has 0 atom stereocenters. The van der Waals surface area contributed by atoms with Gasteiger partial charge in [0.05, 0.1) is 10.6 Å². The maximum Gasteiger partial charge on any atom is 0.264 e. The van der Waals surface area contributed by atoms with Gasteiger partial charge in [-0.3, -0.25) is 9.10 Å². The Labute approximate surface area is 177 Å². The molecule has 8 heteroatoms. The molecule has 0 aromatic heterocycles. The Hall–Kier alpha value is -2.45. The third-order valence-electron chi connectivity index (χ3n) is 5.15. The molecule has 0 aliphatic carbocycles. The van der Waals surface area contributed by atoms with E-state index >= 15 is 0 Å². The molecule has 1 heterocycles. The Balaban J connectivity index is 1.64. The zero-order valence-electron chi connectivity index (χ0n) is 17.0. The average molecular weight is 434 g/mol. The van der Waals surface area contributed by atoms with Gasteiger partial charge in [0.2, 0.25) is 5.91 Å². The summed E-state index contributed by atoms with van der Waals surface area (Å²) in [5.41, 5.74) is 0.380. The molecule has 2 aromatic carbocycles. The molecule has 0 saturated carbocycles. The maximum absolute atomic E-state index is 13.2. The van der Waals surface area contributed by atoms with Crippen LogP contribution in [-0.4, -0.2) is 51.9 Å². The molecule has 0 radical (unpaired) electrons. The second kappa shape index (κ2) is 10.5. The number of halogens is 1. The van der Waals surface area contributed by atoms with Crippen LogP contribution in [0.25, 0.3) is 0 Å². The van der Waals surface area contributed by atoms with Crippen LogP contribution in [-0.2, 0) is 14.8 Å². The van der Waals surface area contributed by atoms with Crippen LogP contribution in [0.4, 0.5) is 10.1 Å². The number of hydrogen-bond donors (Lipinski definition) is 1. The first kappa shape index (κ1) is 22.2. The van der Waals surface area contributed by atoms with Crippen molar-refractivity contribution < 1.29 is 17.6 Å². The summed E-state index contributed by atoms with van der Waals surface area (Å²) in [5, 5.41) is 2.82. The molecule has 1 saturated heterocycles. The summed E-state index contributed by atoms with van der Waals surface area (Å²) >= 11 is 0. The van der Waals surface area contributed by atoms with Gasteiger partial charge in [-0.2, -0.15) is 0 Å². The first-order valence-electron chi connectivity index (χ1n) is 10.3. The third kappa shape index (κ3) is 6.03.